The van der Waals surface area contributed by atoms with Crippen molar-refractivity contribution in [1.29, 1.82) is 0 Å². The van der Waals surface area contributed by atoms with Crippen LogP contribution in [0.2, 0.25) is 0 Å². The van der Waals surface area contributed by atoms with Crippen LogP contribution < -0.4 is 16.3 Å². The Balaban J connectivity index is 1.62. The Bertz CT molecular complexity index is 1670. The number of aromatic nitrogens is 1. The van der Waals surface area contributed by atoms with Gasteiger partial charge < -0.3 is 14.8 Å². The standard InChI is InChI=1S/C26H20Br2FN5O4/c1-2-34-13-19(26(38)33-31-12-15-8-17(28)4-6-24(15)36)25(37)18-9-20(29)21(10-22(18)34)32-30-11-14-7-16(27)3-5-23(14)35/h3-13,32,35-36H,2H2,1H3,(H,33,38)/b30-11+,31-12+. The third kappa shape index (κ3) is 5.92. The summed E-state index contributed by atoms with van der Waals surface area (Å²) in [6, 6.07) is 12.0. The first-order chi connectivity index (χ1) is 18.2. The number of rotatable bonds is 7. The normalized spacial score (nSPS) is 11.5. The fraction of sp³-hybridized carbons (Fsp3) is 0.0769. The van der Waals surface area contributed by atoms with E-state index in [1.165, 1.54) is 36.8 Å². The highest BCUT2D eigenvalue weighted by Gasteiger charge is 2.17. The fourth-order valence-electron chi connectivity index (χ4n) is 3.57. The lowest BCUT2D eigenvalue weighted by atomic mass is 10.1. The maximum Gasteiger partial charge on any atom is 0.276 e. The van der Waals surface area contributed by atoms with E-state index in [9.17, 15) is 24.2 Å². The van der Waals surface area contributed by atoms with Gasteiger partial charge in [-0.1, -0.05) is 31.9 Å². The van der Waals surface area contributed by atoms with Gasteiger partial charge in [0.15, 0.2) is 0 Å². The number of halogens is 3. The lowest BCUT2D eigenvalue weighted by Crippen LogP contribution is -2.27. The van der Waals surface area contributed by atoms with Crippen LogP contribution in [0.25, 0.3) is 10.9 Å². The number of aryl methyl sites for hydroxylation is 1. The number of benzene rings is 3. The molecule has 9 nitrogen and oxygen atoms in total. The molecule has 1 amide bonds. The quantitative estimate of drug-likeness (QED) is 0.160. The maximum atomic E-state index is 14.9. The predicted octanol–water partition coefficient (Wildman–Crippen LogP) is 5.31. The van der Waals surface area contributed by atoms with E-state index in [2.05, 4.69) is 52.9 Å². The van der Waals surface area contributed by atoms with E-state index in [1.54, 1.807) is 28.8 Å². The zero-order valence-electron chi connectivity index (χ0n) is 19.7. The van der Waals surface area contributed by atoms with E-state index in [0.717, 1.165) is 10.5 Å². The molecule has 3 aromatic carbocycles. The number of aromatic hydroxyl groups is 2. The maximum absolute atomic E-state index is 14.9. The third-order valence-electron chi connectivity index (χ3n) is 5.49. The minimum atomic E-state index is -0.786. The minimum Gasteiger partial charge on any atom is -0.507 e. The monoisotopic (exact) mass is 643 g/mol. The molecule has 12 heteroatoms. The summed E-state index contributed by atoms with van der Waals surface area (Å²) in [5.74, 6) is -1.58. The van der Waals surface area contributed by atoms with Crippen LogP contribution in [0.5, 0.6) is 11.5 Å². The van der Waals surface area contributed by atoms with Crippen LogP contribution in [-0.2, 0) is 6.54 Å². The van der Waals surface area contributed by atoms with Gasteiger partial charge in [-0.3, -0.25) is 15.0 Å². The second kappa shape index (κ2) is 11.6. The molecule has 1 aromatic heterocycles. The number of hydrogen-bond donors (Lipinski definition) is 4. The average Bonchev–Trinajstić information content (AvgIpc) is 2.89. The van der Waals surface area contributed by atoms with Gasteiger partial charge in [0.05, 0.1) is 23.6 Å². The van der Waals surface area contributed by atoms with Gasteiger partial charge in [0.1, 0.15) is 22.9 Å². The van der Waals surface area contributed by atoms with Crippen molar-refractivity contribution in [3.8, 4) is 11.5 Å². The summed E-state index contributed by atoms with van der Waals surface area (Å²) in [6.07, 6.45) is 3.94. The van der Waals surface area contributed by atoms with E-state index in [4.69, 9.17) is 0 Å². The molecule has 0 aliphatic heterocycles. The first kappa shape index (κ1) is 27.0. The van der Waals surface area contributed by atoms with Gasteiger partial charge >= 0.3 is 0 Å². The summed E-state index contributed by atoms with van der Waals surface area (Å²) in [4.78, 5) is 25.8. The second-order valence-electron chi connectivity index (χ2n) is 7.98. The number of phenols is 2. The number of carbonyl (C=O) groups is 1. The van der Waals surface area contributed by atoms with Crippen LogP contribution in [0.3, 0.4) is 0 Å². The SMILES string of the molecule is CCn1cc(C(=O)N/N=C/c2cc(Br)ccc2O)c(=O)c2cc(F)c(N/N=C/c3cc(Br)ccc3O)cc21. The lowest BCUT2D eigenvalue weighted by Gasteiger charge is -2.13. The molecule has 194 valence electrons. The molecule has 0 bridgehead atoms. The van der Waals surface area contributed by atoms with Gasteiger partial charge in [-0.25, -0.2) is 9.82 Å². The van der Waals surface area contributed by atoms with E-state index in [-0.39, 0.29) is 28.1 Å². The first-order valence-corrected chi connectivity index (χ1v) is 12.7. The molecule has 4 N–H and O–H groups in total. The molecule has 0 saturated heterocycles. The van der Waals surface area contributed by atoms with Gasteiger partial charge in [0.2, 0.25) is 5.43 Å². The fourth-order valence-corrected chi connectivity index (χ4v) is 4.33. The summed E-state index contributed by atoms with van der Waals surface area (Å²) in [6.45, 7) is 2.19. The molecule has 0 radical (unpaired) electrons. The van der Waals surface area contributed by atoms with Crippen LogP contribution in [0.1, 0.15) is 28.4 Å². The number of phenolic OH excluding ortho intramolecular Hbond substituents is 2. The molecule has 0 atom stereocenters. The number of nitrogens with one attached hydrogen (secondary N) is 2. The van der Waals surface area contributed by atoms with E-state index >= 15 is 0 Å². The van der Waals surface area contributed by atoms with Crippen molar-refractivity contribution in [3.63, 3.8) is 0 Å². The molecule has 4 rings (SSSR count). The van der Waals surface area contributed by atoms with Crippen molar-refractivity contribution in [1.82, 2.24) is 9.99 Å². The van der Waals surface area contributed by atoms with Crippen molar-refractivity contribution in [3.05, 3.63) is 96.4 Å². The highest BCUT2D eigenvalue weighted by molar-refractivity contribution is 9.10. The summed E-state index contributed by atoms with van der Waals surface area (Å²) in [7, 11) is 0. The molecule has 4 aromatic rings. The van der Waals surface area contributed by atoms with Gasteiger partial charge in [0.25, 0.3) is 5.91 Å². The summed E-state index contributed by atoms with van der Waals surface area (Å²) >= 11 is 6.59. The van der Waals surface area contributed by atoms with Crippen LogP contribution >= 0.6 is 31.9 Å². The topological polar surface area (TPSA) is 128 Å². The van der Waals surface area contributed by atoms with E-state index in [1.807, 2.05) is 6.92 Å². The Morgan fingerprint density at radius 2 is 1.61 bits per heavy atom. The van der Waals surface area contributed by atoms with E-state index < -0.39 is 17.2 Å². The number of carbonyl (C=O) groups excluding carboxylic acids is 1. The second-order valence-corrected chi connectivity index (χ2v) is 9.81. The number of hydrogen-bond acceptors (Lipinski definition) is 7. The molecular weight excluding hydrogens is 625 g/mol. The molecule has 0 aliphatic rings. The number of hydrazone groups is 2. The van der Waals surface area contributed by atoms with Crippen LogP contribution in [0, 0.1) is 5.82 Å². The van der Waals surface area contributed by atoms with Gasteiger partial charge in [-0.05, 0) is 55.5 Å². The zero-order chi connectivity index (χ0) is 27.4. The summed E-state index contributed by atoms with van der Waals surface area (Å²) in [5.41, 5.74) is 5.12. The number of pyridine rings is 1. The molecule has 0 saturated carbocycles. The molecular formula is C26H20Br2FN5O4. The molecule has 0 spiro atoms. The highest BCUT2D eigenvalue weighted by atomic mass is 79.9. The Kier molecular flexibility index (Phi) is 8.23. The predicted molar refractivity (Wildman–Crippen MR) is 152 cm³/mol. The van der Waals surface area contributed by atoms with E-state index in [0.29, 0.717) is 27.7 Å². The minimum absolute atomic E-state index is 0.000433. The number of nitrogens with zero attached hydrogens (tertiary/aromatic N) is 3. The van der Waals surface area contributed by atoms with Crippen molar-refractivity contribution in [2.24, 2.45) is 10.2 Å². The molecule has 0 fully saturated rings. The Morgan fingerprint density at radius 3 is 2.21 bits per heavy atom. The molecule has 38 heavy (non-hydrogen) atoms. The Labute approximate surface area is 232 Å². The Morgan fingerprint density at radius 1 is 1.00 bits per heavy atom. The zero-order valence-corrected chi connectivity index (χ0v) is 22.9. The third-order valence-corrected chi connectivity index (χ3v) is 6.48. The highest BCUT2D eigenvalue weighted by Crippen LogP contribution is 2.24. The van der Waals surface area contributed by atoms with Gasteiger partial charge in [-0.15, -0.1) is 0 Å². The average molecular weight is 645 g/mol. The largest absolute Gasteiger partial charge is 0.507 e. The first-order valence-electron chi connectivity index (χ1n) is 11.1. The van der Waals surface area contributed by atoms with Gasteiger partial charge in [-0.2, -0.15) is 10.2 Å². The van der Waals surface area contributed by atoms with Crippen LogP contribution in [0.4, 0.5) is 10.1 Å². The van der Waals surface area contributed by atoms with Crippen molar-refractivity contribution >= 4 is 66.8 Å². The number of anilines is 1. The van der Waals surface area contributed by atoms with Crippen molar-refractivity contribution in [2.75, 3.05) is 5.43 Å². The van der Waals surface area contributed by atoms with Gasteiger partial charge in [0, 0.05) is 38.2 Å². The van der Waals surface area contributed by atoms with Crippen molar-refractivity contribution in [2.45, 2.75) is 13.5 Å². The molecule has 1 heterocycles. The summed E-state index contributed by atoms with van der Waals surface area (Å²) in [5, 5.41) is 27.6. The lowest BCUT2D eigenvalue weighted by molar-refractivity contribution is 0.0953. The Hall–Kier alpha value is -4.03. The molecule has 0 unspecified atom stereocenters. The number of fused-ring (bicyclic) bond motifs is 1. The van der Waals surface area contributed by atoms with Crippen LogP contribution in [0.15, 0.2) is 78.7 Å². The van der Waals surface area contributed by atoms with Crippen molar-refractivity contribution < 1.29 is 19.4 Å². The summed E-state index contributed by atoms with van der Waals surface area (Å²) < 4.78 is 18.0. The molecule has 0 aliphatic carbocycles. The smallest absolute Gasteiger partial charge is 0.276 e. The van der Waals surface area contributed by atoms with Crippen LogP contribution in [-0.4, -0.2) is 33.1 Å². The number of amides is 1.